The highest BCUT2D eigenvalue weighted by atomic mass is 35.5. The number of rotatable bonds is 3. The molecule has 1 aromatic rings. The van der Waals surface area contributed by atoms with E-state index in [4.69, 9.17) is 16.7 Å². The van der Waals surface area contributed by atoms with Crippen molar-refractivity contribution in [1.29, 1.82) is 0 Å². The van der Waals surface area contributed by atoms with Gasteiger partial charge in [0.2, 0.25) is 5.96 Å². The number of hydrogen-bond donors (Lipinski definition) is 2. The summed E-state index contributed by atoms with van der Waals surface area (Å²) in [6.45, 7) is 3.04. The van der Waals surface area contributed by atoms with Gasteiger partial charge in [0.25, 0.3) is 0 Å². The van der Waals surface area contributed by atoms with Crippen LogP contribution in [0.3, 0.4) is 0 Å². The molecule has 2 N–H and O–H groups in total. The van der Waals surface area contributed by atoms with Crippen LogP contribution in [0.15, 0.2) is 23.3 Å². The Morgan fingerprint density at radius 3 is 2.78 bits per heavy atom. The molecule has 0 atom stereocenters. The minimum absolute atomic E-state index is 0.306. The molecule has 18 heavy (non-hydrogen) atoms. The first-order valence-electron chi connectivity index (χ1n) is 5.39. The zero-order chi connectivity index (χ0) is 13.5. The Morgan fingerprint density at radius 1 is 1.61 bits per heavy atom. The Hall–Kier alpha value is -1.82. The molecule has 0 bridgehead atoms. The van der Waals surface area contributed by atoms with Crippen molar-refractivity contribution in [2.75, 3.05) is 13.6 Å². The summed E-state index contributed by atoms with van der Waals surface area (Å²) in [7, 11) is 1.54. The maximum Gasteiger partial charge on any atom is 0.411 e. The van der Waals surface area contributed by atoms with E-state index in [0.717, 1.165) is 5.56 Å². The molecule has 0 aliphatic rings. The van der Waals surface area contributed by atoms with Crippen LogP contribution in [0.5, 0.6) is 0 Å². The molecule has 1 rings (SSSR count). The molecule has 6 nitrogen and oxygen atoms in total. The van der Waals surface area contributed by atoms with E-state index in [2.05, 4.69) is 15.3 Å². The van der Waals surface area contributed by atoms with Crippen LogP contribution in [0.4, 0.5) is 4.79 Å². The van der Waals surface area contributed by atoms with Gasteiger partial charge in [-0.25, -0.2) is 9.78 Å². The van der Waals surface area contributed by atoms with E-state index in [1.807, 2.05) is 13.0 Å². The van der Waals surface area contributed by atoms with Gasteiger partial charge in [0.1, 0.15) is 5.15 Å². The van der Waals surface area contributed by atoms with Gasteiger partial charge in [-0.15, -0.1) is 0 Å². The summed E-state index contributed by atoms with van der Waals surface area (Å²) >= 11 is 5.70. The monoisotopic (exact) mass is 270 g/mol. The fourth-order valence-electron chi connectivity index (χ4n) is 1.43. The highest BCUT2D eigenvalue weighted by Gasteiger charge is 2.12. The predicted molar refractivity (Wildman–Crippen MR) is 69.9 cm³/mol. The van der Waals surface area contributed by atoms with Gasteiger partial charge >= 0.3 is 6.09 Å². The second-order valence-corrected chi connectivity index (χ2v) is 3.87. The van der Waals surface area contributed by atoms with E-state index in [-0.39, 0.29) is 0 Å². The number of nitrogens with zero attached hydrogens (tertiary/aromatic N) is 3. The first-order valence-corrected chi connectivity index (χ1v) is 5.76. The molecule has 0 radical (unpaired) electrons. The van der Waals surface area contributed by atoms with E-state index in [0.29, 0.717) is 24.2 Å². The van der Waals surface area contributed by atoms with Crippen LogP contribution in [0.1, 0.15) is 12.5 Å². The summed E-state index contributed by atoms with van der Waals surface area (Å²) in [6, 6.07) is 3.53. The average molecular weight is 271 g/mol. The van der Waals surface area contributed by atoms with Gasteiger partial charge in [-0.05, 0) is 18.6 Å². The van der Waals surface area contributed by atoms with Crippen molar-refractivity contribution in [2.24, 2.45) is 4.99 Å². The van der Waals surface area contributed by atoms with Gasteiger partial charge in [0, 0.05) is 26.3 Å². The molecule has 0 unspecified atom stereocenters. The smallest absolute Gasteiger partial charge is 0.411 e. The average Bonchev–Trinajstić information content (AvgIpc) is 2.35. The minimum Gasteiger partial charge on any atom is -0.465 e. The lowest BCUT2D eigenvalue weighted by Crippen LogP contribution is -2.43. The number of carbonyl (C=O) groups is 1. The van der Waals surface area contributed by atoms with Crippen molar-refractivity contribution >= 4 is 23.7 Å². The second kappa shape index (κ2) is 6.80. The molecule has 0 aliphatic heterocycles. The van der Waals surface area contributed by atoms with Crippen molar-refractivity contribution in [3.05, 3.63) is 29.0 Å². The number of carboxylic acid groups (broad SMARTS) is 1. The Bertz CT molecular complexity index is 433. The van der Waals surface area contributed by atoms with E-state index >= 15 is 0 Å². The highest BCUT2D eigenvalue weighted by molar-refractivity contribution is 6.29. The molecule has 98 valence electrons. The van der Waals surface area contributed by atoms with Crippen molar-refractivity contribution in [2.45, 2.75) is 13.5 Å². The molecule has 0 saturated carbocycles. The third-order valence-electron chi connectivity index (χ3n) is 2.27. The molecule has 0 saturated heterocycles. The van der Waals surface area contributed by atoms with Crippen LogP contribution in [-0.4, -0.2) is 40.6 Å². The molecule has 0 spiro atoms. The number of guanidine groups is 1. The molecule has 1 amide bonds. The first kappa shape index (κ1) is 14.2. The molecular formula is C11H15ClN4O2. The standard InChI is InChI=1S/C11H15ClN4O2/c1-3-16(10(13-2)15-11(17)18)7-8-4-5-9(12)14-6-8/h4-6H,3,7H2,1-2H3,(H,13,15)(H,17,18). The summed E-state index contributed by atoms with van der Waals surface area (Å²) < 4.78 is 0. The largest absolute Gasteiger partial charge is 0.465 e. The lowest BCUT2D eigenvalue weighted by molar-refractivity contribution is 0.198. The summed E-state index contributed by atoms with van der Waals surface area (Å²) in [6.07, 6.45) is 0.516. The number of hydrogen-bond acceptors (Lipinski definition) is 3. The van der Waals surface area contributed by atoms with Crippen LogP contribution in [0.2, 0.25) is 5.15 Å². The summed E-state index contributed by atoms with van der Waals surface area (Å²) in [5.74, 6) is 0.306. The van der Waals surface area contributed by atoms with Gasteiger partial charge in [-0.3, -0.25) is 10.3 Å². The van der Waals surface area contributed by atoms with E-state index in [9.17, 15) is 4.79 Å². The predicted octanol–water partition coefficient (Wildman–Crippen LogP) is 1.81. The van der Waals surface area contributed by atoms with Crippen molar-refractivity contribution in [3.8, 4) is 0 Å². The zero-order valence-corrected chi connectivity index (χ0v) is 11.0. The Labute approximate surface area is 110 Å². The molecule has 7 heteroatoms. The number of aliphatic imine (C=N–C) groups is 1. The van der Waals surface area contributed by atoms with E-state index in [1.165, 1.54) is 7.05 Å². The van der Waals surface area contributed by atoms with Crippen LogP contribution in [0.25, 0.3) is 0 Å². The normalized spacial score (nSPS) is 11.2. The molecule has 1 aromatic heterocycles. The number of pyridine rings is 1. The van der Waals surface area contributed by atoms with E-state index < -0.39 is 6.09 Å². The topological polar surface area (TPSA) is 77.8 Å². The SMILES string of the molecule is CCN(Cc1ccc(Cl)nc1)C(=NC)NC(=O)O. The van der Waals surface area contributed by atoms with Crippen LogP contribution in [0, 0.1) is 0 Å². The third-order valence-corrected chi connectivity index (χ3v) is 2.50. The van der Waals surface area contributed by atoms with Gasteiger partial charge < -0.3 is 10.0 Å². The molecule has 0 aromatic carbocycles. The minimum atomic E-state index is -1.14. The zero-order valence-electron chi connectivity index (χ0n) is 10.2. The molecule has 0 aliphatic carbocycles. The van der Waals surface area contributed by atoms with Gasteiger partial charge in [-0.1, -0.05) is 17.7 Å². The molecular weight excluding hydrogens is 256 g/mol. The van der Waals surface area contributed by atoms with Gasteiger partial charge in [0.15, 0.2) is 0 Å². The van der Waals surface area contributed by atoms with Gasteiger partial charge in [-0.2, -0.15) is 0 Å². The lowest BCUT2D eigenvalue weighted by atomic mass is 10.2. The maximum absolute atomic E-state index is 10.6. The number of aromatic nitrogens is 1. The van der Waals surface area contributed by atoms with Crippen LogP contribution in [-0.2, 0) is 6.54 Å². The van der Waals surface area contributed by atoms with Crippen molar-refractivity contribution in [3.63, 3.8) is 0 Å². The van der Waals surface area contributed by atoms with Crippen molar-refractivity contribution < 1.29 is 9.90 Å². The second-order valence-electron chi connectivity index (χ2n) is 3.48. The number of halogens is 1. The summed E-state index contributed by atoms with van der Waals surface area (Å²) in [5, 5.41) is 11.4. The number of nitrogens with one attached hydrogen (secondary N) is 1. The van der Waals surface area contributed by atoms with Crippen molar-refractivity contribution in [1.82, 2.24) is 15.2 Å². The van der Waals surface area contributed by atoms with Crippen LogP contribution < -0.4 is 5.32 Å². The fraction of sp³-hybridized carbons (Fsp3) is 0.364. The number of amides is 1. The Balaban J connectivity index is 2.77. The van der Waals surface area contributed by atoms with E-state index in [1.54, 1.807) is 17.2 Å². The fourth-order valence-corrected chi connectivity index (χ4v) is 1.54. The quantitative estimate of drug-likeness (QED) is 0.499. The van der Waals surface area contributed by atoms with Crippen LogP contribution >= 0.6 is 11.6 Å². The highest BCUT2D eigenvalue weighted by Crippen LogP contribution is 2.08. The summed E-state index contributed by atoms with van der Waals surface area (Å²) in [5.41, 5.74) is 0.926. The molecule has 1 heterocycles. The maximum atomic E-state index is 10.6. The lowest BCUT2D eigenvalue weighted by Gasteiger charge is -2.23. The third kappa shape index (κ3) is 4.21. The molecule has 0 fully saturated rings. The summed E-state index contributed by atoms with van der Waals surface area (Å²) in [4.78, 5) is 20.3. The van der Waals surface area contributed by atoms with Gasteiger partial charge in [0.05, 0.1) is 0 Å². The Kier molecular flexibility index (Phi) is 5.38. The Morgan fingerprint density at radius 2 is 2.33 bits per heavy atom. The first-order chi connectivity index (χ1) is 8.56.